The predicted molar refractivity (Wildman–Crippen MR) is 77.6 cm³/mol. The van der Waals surface area contributed by atoms with E-state index in [1.807, 2.05) is 0 Å². The van der Waals surface area contributed by atoms with Crippen molar-refractivity contribution in [3.05, 3.63) is 10.6 Å². The van der Waals surface area contributed by atoms with Gasteiger partial charge in [-0.15, -0.1) is 16.9 Å². The maximum absolute atomic E-state index is 11.9. The van der Waals surface area contributed by atoms with Gasteiger partial charge in [0.2, 0.25) is 11.1 Å². The molecular formula is C11H13N5O4S2. The Hall–Kier alpha value is -1.59. The maximum atomic E-state index is 11.9. The second kappa shape index (κ2) is 5.89. The molecule has 0 unspecified atom stereocenters. The van der Waals surface area contributed by atoms with Gasteiger partial charge in [-0.05, 0) is 16.8 Å². The molecule has 0 bridgehead atoms. The van der Waals surface area contributed by atoms with E-state index in [1.54, 1.807) is 7.05 Å². The first-order valence-electron chi connectivity index (χ1n) is 6.46. The summed E-state index contributed by atoms with van der Waals surface area (Å²) in [6.45, 7) is -0.257. The van der Waals surface area contributed by atoms with Crippen LogP contribution in [0, 0.1) is 5.92 Å². The molecule has 1 fully saturated rings. The average Bonchev–Trinajstić information content (AvgIpc) is 3.02. The molecule has 1 aromatic heterocycles. The van der Waals surface area contributed by atoms with E-state index >= 15 is 0 Å². The number of allylic oxidation sites excluding steroid dienone is 1. The molecule has 11 heteroatoms. The van der Waals surface area contributed by atoms with Gasteiger partial charge in [-0.25, -0.2) is 9.48 Å². The first-order valence-corrected chi connectivity index (χ1v) is 8.33. The molecule has 0 radical (unpaired) electrons. The summed E-state index contributed by atoms with van der Waals surface area (Å²) in [5, 5.41) is 30.0. The largest absolute Gasteiger partial charge is 0.477 e. The maximum Gasteiger partial charge on any atom is 0.353 e. The number of aliphatic hydroxyl groups is 1. The van der Waals surface area contributed by atoms with Crippen LogP contribution in [-0.4, -0.2) is 64.9 Å². The molecule has 2 atom stereocenters. The third-order valence-electron chi connectivity index (χ3n) is 3.46. The van der Waals surface area contributed by atoms with Crippen molar-refractivity contribution in [2.75, 3.05) is 12.4 Å². The molecule has 2 N–H and O–H groups in total. The normalized spacial score (nSPS) is 23.7. The summed E-state index contributed by atoms with van der Waals surface area (Å²) in [7, 11) is 1.73. The van der Waals surface area contributed by atoms with Gasteiger partial charge in [0.1, 0.15) is 11.1 Å². The number of hydrogen-bond donors (Lipinski definition) is 2. The van der Waals surface area contributed by atoms with Crippen LogP contribution in [-0.2, 0) is 16.6 Å². The van der Waals surface area contributed by atoms with Gasteiger partial charge in [0.05, 0.1) is 12.5 Å². The van der Waals surface area contributed by atoms with Gasteiger partial charge in [0, 0.05) is 17.7 Å². The second-order valence-electron chi connectivity index (χ2n) is 4.77. The number of carbonyl (C=O) groups excluding carboxylic acids is 1. The Kier molecular flexibility index (Phi) is 4.10. The van der Waals surface area contributed by atoms with Crippen molar-refractivity contribution in [1.29, 1.82) is 0 Å². The molecule has 2 aliphatic rings. The van der Waals surface area contributed by atoms with Crippen LogP contribution in [0.25, 0.3) is 0 Å². The Morgan fingerprint density at radius 3 is 2.86 bits per heavy atom. The fraction of sp³-hybridized carbons (Fsp3) is 0.545. The number of aryl methyl sites for hydroxylation is 1. The highest BCUT2D eigenvalue weighted by atomic mass is 32.2. The summed E-state index contributed by atoms with van der Waals surface area (Å²) in [6, 6.07) is 0. The first-order chi connectivity index (χ1) is 10.5. The molecule has 1 aromatic rings. The lowest BCUT2D eigenvalue weighted by atomic mass is 9.98. The molecule has 0 aromatic carbocycles. The lowest BCUT2D eigenvalue weighted by Gasteiger charge is -2.41. The van der Waals surface area contributed by atoms with Crippen molar-refractivity contribution in [2.24, 2.45) is 13.0 Å². The van der Waals surface area contributed by atoms with E-state index in [0.29, 0.717) is 22.2 Å². The van der Waals surface area contributed by atoms with E-state index in [9.17, 15) is 19.8 Å². The number of nitrogens with zero attached hydrogens (tertiary/aromatic N) is 5. The van der Waals surface area contributed by atoms with Crippen LogP contribution in [0.5, 0.6) is 0 Å². The molecule has 0 saturated carbocycles. The minimum atomic E-state index is -1.11. The van der Waals surface area contributed by atoms with Gasteiger partial charge < -0.3 is 10.2 Å². The van der Waals surface area contributed by atoms with E-state index in [0.717, 1.165) is 0 Å². The molecule has 1 amide bonds. The highest BCUT2D eigenvalue weighted by molar-refractivity contribution is 8.04. The van der Waals surface area contributed by atoms with Crippen molar-refractivity contribution in [3.63, 3.8) is 0 Å². The number of fused-ring (bicyclic) bond motifs is 1. The van der Waals surface area contributed by atoms with Gasteiger partial charge in [-0.2, -0.15) is 0 Å². The Morgan fingerprint density at radius 1 is 1.50 bits per heavy atom. The number of thioether (sulfide) groups is 2. The number of amides is 1. The van der Waals surface area contributed by atoms with E-state index in [-0.39, 0.29) is 23.6 Å². The third kappa shape index (κ3) is 2.38. The van der Waals surface area contributed by atoms with Crippen LogP contribution >= 0.6 is 23.5 Å². The number of carbonyl (C=O) groups is 2. The summed E-state index contributed by atoms with van der Waals surface area (Å²) in [5.41, 5.74) is 0.0430. The fourth-order valence-electron chi connectivity index (χ4n) is 2.38. The fourth-order valence-corrected chi connectivity index (χ4v) is 4.80. The molecule has 0 aliphatic carbocycles. The number of β-lactam (4-membered cyclic amide) rings is 1. The minimum Gasteiger partial charge on any atom is -0.477 e. The number of carboxylic acids is 1. The summed E-state index contributed by atoms with van der Waals surface area (Å²) in [4.78, 5) is 25.2. The van der Waals surface area contributed by atoms with Crippen molar-refractivity contribution < 1.29 is 19.8 Å². The zero-order chi connectivity index (χ0) is 15.9. The minimum absolute atomic E-state index is 0.0430. The van der Waals surface area contributed by atoms with E-state index in [4.69, 9.17) is 0 Å². The van der Waals surface area contributed by atoms with E-state index in [2.05, 4.69) is 15.5 Å². The number of aliphatic carboxylic acids is 1. The standard InChI is InChI=1S/C11H13N5O4S2/c1-15-11(12-13-14-15)21-3-2-6-7(10(19)20)16-8(18)5(4-17)9(16)22-6/h5,9,17H,2-4H2,1H3,(H,19,20)/t5-,9+/m0/s1. The van der Waals surface area contributed by atoms with Crippen LogP contribution in [0.1, 0.15) is 6.42 Å². The summed E-state index contributed by atoms with van der Waals surface area (Å²) >= 11 is 2.76. The second-order valence-corrected chi connectivity index (χ2v) is 7.04. The van der Waals surface area contributed by atoms with Gasteiger partial charge in [0.15, 0.2) is 0 Å². The first kappa shape index (κ1) is 15.3. The van der Waals surface area contributed by atoms with Gasteiger partial charge >= 0.3 is 5.97 Å². The lowest BCUT2D eigenvalue weighted by Crippen LogP contribution is -2.58. The topological polar surface area (TPSA) is 121 Å². The van der Waals surface area contributed by atoms with Crippen molar-refractivity contribution >= 4 is 35.4 Å². The van der Waals surface area contributed by atoms with E-state index in [1.165, 1.54) is 33.1 Å². The highest BCUT2D eigenvalue weighted by Crippen LogP contribution is 2.50. The van der Waals surface area contributed by atoms with E-state index < -0.39 is 11.9 Å². The van der Waals surface area contributed by atoms with Gasteiger partial charge in [-0.3, -0.25) is 9.69 Å². The summed E-state index contributed by atoms with van der Waals surface area (Å²) < 4.78 is 1.54. The molecule has 9 nitrogen and oxygen atoms in total. The molecular weight excluding hydrogens is 330 g/mol. The summed E-state index contributed by atoms with van der Waals surface area (Å²) in [6.07, 6.45) is 0.502. The lowest BCUT2D eigenvalue weighted by molar-refractivity contribution is -0.153. The van der Waals surface area contributed by atoms with Gasteiger partial charge in [0.25, 0.3) is 0 Å². The monoisotopic (exact) mass is 343 g/mol. The number of aliphatic hydroxyl groups excluding tert-OH is 1. The number of tetrazole rings is 1. The zero-order valence-corrected chi connectivity index (χ0v) is 13.2. The summed E-state index contributed by atoms with van der Waals surface area (Å²) in [5.74, 6) is -1.34. The van der Waals surface area contributed by atoms with Crippen LogP contribution in [0.15, 0.2) is 15.8 Å². The Labute approximate surface area is 133 Å². The zero-order valence-electron chi connectivity index (χ0n) is 11.5. The predicted octanol–water partition coefficient (Wildman–Crippen LogP) is -0.488. The Balaban J connectivity index is 1.68. The molecule has 0 spiro atoms. The van der Waals surface area contributed by atoms with Crippen LogP contribution < -0.4 is 0 Å². The Morgan fingerprint density at radius 2 is 2.27 bits per heavy atom. The molecule has 22 heavy (non-hydrogen) atoms. The SMILES string of the molecule is Cn1nnnc1SCCC1=C(C(=O)O)N2C(=O)[C@H](CO)[C@H]2S1. The van der Waals surface area contributed by atoms with Crippen LogP contribution in [0.3, 0.4) is 0 Å². The number of aromatic nitrogens is 4. The molecule has 1 saturated heterocycles. The Bertz CT molecular complexity index is 661. The van der Waals surface area contributed by atoms with Crippen molar-refractivity contribution in [1.82, 2.24) is 25.1 Å². The molecule has 2 aliphatic heterocycles. The smallest absolute Gasteiger partial charge is 0.353 e. The third-order valence-corrected chi connectivity index (χ3v) is 5.94. The highest BCUT2D eigenvalue weighted by Gasteiger charge is 2.55. The van der Waals surface area contributed by atoms with Crippen LogP contribution in [0.2, 0.25) is 0 Å². The number of hydrogen-bond acceptors (Lipinski definition) is 8. The van der Waals surface area contributed by atoms with Crippen LogP contribution in [0.4, 0.5) is 0 Å². The number of rotatable bonds is 6. The number of carboxylic acid groups (broad SMARTS) is 1. The average molecular weight is 343 g/mol. The van der Waals surface area contributed by atoms with Crippen molar-refractivity contribution in [2.45, 2.75) is 17.0 Å². The molecule has 3 rings (SSSR count). The van der Waals surface area contributed by atoms with Crippen molar-refractivity contribution in [3.8, 4) is 0 Å². The quantitative estimate of drug-likeness (QED) is 0.520. The molecule has 3 heterocycles. The van der Waals surface area contributed by atoms with Gasteiger partial charge in [-0.1, -0.05) is 11.8 Å². The molecule has 118 valence electrons.